The van der Waals surface area contributed by atoms with Gasteiger partial charge in [0.15, 0.2) is 0 Å². The fraction of sp³-hybridized carbons (Fsp3) is 0.214. The Morgan fingerprint density at radius 2 is 1.25 bits per heavy atom. The van der Waals surface area contributed by atoms with E-state index in [1.54, 1.807) is 0 Å². The van der Waals surface area contributed by atoms with E-state index in [0.29, 0.717) is 5.69 Å². The number of anilines is 1. The van der Waals surface area contributed by atoms with E-state index in [4.69, 9.17) is 0 Å². The average molecular weight is 484 g/mol. The Labute approximate surface area is 195 Å². The number of imide groups is 1. The van der Waals surface area contributed by atoms with Gasteiger partial charge in [-0.1, -0.05) is 66.7 Å². The molecule has 1 saturated heterocycles. The molecule has 158 valence electrons. The third kappa shape index (κ3) is 2.72. The molecule has 0 N–H and O–H groups in total. The Hall–Kier alpha value is -2.98. The van der Waals surface area contributed by atoms with Crippen molar-refractivity contribution in [1.82, 2.24) is 0 Å². The number of carbonyl (C=O) groups excluding carboxylic acids is 2. The van der Waals surface area contributed by atoms with Crippen molar-refractivity contribution in [1.29, 1.82) is 0 Å². The lowest BCUT2D eigenvalue weighted by molar-refractivity contribution is -0.123. The number of hydrogen-bond donors (Lipinski definition) is 0. The van der Waals surface area contributed by atoms with Crippen LogP contribution in [-0.4, -0.2) is 11.8 Å². The van der Waals surface area contributed by atoms with Crippen molar-refractivity contribution in [2.24, 2.45) is 23.7 Å². The van der Waals surface area contributed by atoms with Crippen LogP contribution in [0.2, 0.25) is 0 Å². The molecule has 2 amide bonds. The maximum Gasteiger partial charge on any atom is 0.238 e. The fourth-order valence-corrected chi connectivity index (χ4v) is 6.80. The van der Waals surface area contributed by atoms with Crippen LogP contribution >= 0.6 is 15.9 Å². The second-order valence-electron chi connectivity index (χ2n) is 9.03. The molecule has 0 radical (unpaired) electrons. The predicted octanol–water partition coefficient (Wildman–Crippen LogP) is 6.12. The molecule has 32 heavy (non-hydrogen) atoms. The predicted molar refractivity (Wildman–Crippen MR) is 130 cm³/mol. The monoisotopic (exact) mass is 483 g/mol. The van der Waals surface area contributed by atoms with Crippen molar-refractivity contribution in [2.45, 2.75) is 13.3 Å². The number of aryl methyl sites for hydroxylation is 1. The lowest BCUT2D eigenvalue weighted by atomic mass is 9.73. The number of halogens is 1. The molecule has 6 rings (SSSR count). The maximum atomic E-state index is 13.7. The Bertz CT molecular complexity index is 1210. The Morgan fingerprint density at radius 3 is 1.72 bits per heavy atom. The summed E-state index contributed by atoms with van der Waals surface area (Å²) in [5.41, 5.74) is 6.55. The SMILES string of the molecule is Cc1ccc(N2C(=O)[C@@H]3[C@H](C2=O)[C@@H]2C[C@@H]3C(c3ccccc3)=C2c2ccccc2)c(Br)c1. The molecule has 1 saturated carbocycles. The van der Waals surface area contributed by atoms with Crippen LogP contribution in [0.15, 0.2) is 83.3 Å². The van der Waals surface area contributed by atoms with Crippen molar-refractivity contribution in [3.63, 3.8) is 0 Å². The van der Waals surface area contributed by atoms with Crippen molar-refractivity contribution < 1.29 is 9.59 Å². The van der Waals surface area contributed by atoms with Crippen LogP contribution in [-0.2, 0) is 9.59 Å². The van der Waals surface area contributed by atoms with E-state index < -0.39 is 0 Å². The highest BCUT2D eigenvalue weighted by molar-refractivity contribution is 9.10. The third-order valence-electron chi connectivity index (χ3n) is 7.32. The number of carbonyl (C=O) groups is 2. The fourth-order valence-electron chi connectivity index (χ4n) is 6.13. The van der Waals surface area contributed by atoms with Gasteiger partial charge < -0.3 is 0 Å². The van der Waals surface area contributed by atoms with Crippen molar-refractivity contribution in [3.05, 3.63) is 100 Å². The van der Waals surface area contributed by atoms with E-state index in [1.807, 2.05) is 61.5 Å². The number of hydrogen-bond acceptors (Lipinski definition) is 2. The van der Waals surface area contributed by atoms with Crippen LogP contribution in [0, 0.1) is 30.6 Å². The van der Waals surface area contributed by atoms with E-state index in [-0.39, 0.29) is 35.5 Å². The molecule has 2 bridgehead atoms. The minimum atomic E-state index is -0.289. The molecule has 3 aliphatic rings. The Morgan fingerprint density at radius 1 is 0.750 bits per heavy atom. The molecule has 3 aromatic carbocycles. The van der Waals surface area contributed by atoms with Gasteiger partial charge in [-0.05, 0) is 81.1 Å². The summed E-state index contributed by atoms with van der Waals surface area (Å²) >= 11 is 3.58. The van der Waals surface area contributed by atoms with Crippen molar-refractivity contribution in [3.8, 4) is 0 Å². The number of amides is 2. The first-order valence-corrected chi connectivity index (χ1v) is 11.8. The molecule has 2 fully saturated rings. The zero-order valence-corrected chi connectivity index (χ0v) is 19.2. The maximum absolute atomic E-state index is 13.7. The zero-order valence-electron chi connectivity index (χ0n) is 17.7. The lowest BCUT2D eigenvalue weighted by Crippen LogP contribution is -2.33. The summed E-state index contributed by atoms with van der Waals surface area (Å²) in [7, 11) is 0. The molecule has 3 nitrogen and oxygen atoms in total. The Balaban J connectivity index is 1.49. The normalized spacial score (nSPS) is 26.2. The first-order valence-electron chi connectivity index (χ1n) is 11.0. The van der Waals surface area contributed by atoms with Gasteiger partial charge in [0.1, 0.15) is 0 Å². The number of allylic oxidation sites excluding steroid dienone is 2. The molecule has 1 aliphatic heterocycles. The number of fused-ring (bicyclic) bond motifs is 5. The molecule has 3 aromatic rings. The quantitative estimate of drug-likeness (QED) is 0.420. The van der Waals surface area contributed by atoms with Crippen LogP contribution < -0.4 is 4.90 Å². The molecular formula is C28H22BrNO2. The molecule has 4 heteroatoms. The first kappa shape index (κ1) is 19.7. The summed E-state index contributed by atoms with van der Waals surface area (Å²) in [4.78, 5) is 28.9. The summed E-state index contributed by atoms with van der Waals surface area (Å²) < 4.78 is 0.783. The third-order valence-corrected chi connectivity index (χ3v) is 7.95. The standard InChI is InChI=1S/C28H22BrNO2/c1-16-12-13-22(21(29)14-16)30-27(31)25-19-15-20(26(25)28(30)32)24(18-10-6-3-7-11-18)23(19)17-8-4-2-5-9-17/h2-14,19-20,25-26H,15H2,1H3/t19-,20-,25-,26+/m1/s1. The van der Waals surface area contributed by atoms with E-state index in [2.05, 4.69) is 40.2 Å². The minimum Gasteiger partial charge on any atom is -0.274 e. The molecule has 0 unspecified atom stereocenters. The molecule has 0 aromatic heterocycles. The number of rotatable bonds is 3. The van der Waals surface area contributed by atoms with Gasteiger partial charge in [0.05, 0.1) is 17.5 Å². The van der Waals surface area contributed by atoms with Gasteiger partial charge in [0, 0.05) is 4.47 Å². The minimum absolute atomic E-state index is 0.0578. The summed E-state index contributed by atoms with van der Waals surface area (Å²) in [5.74, 6) is -0.566. The first-order chi connectivity index (χ1) is 15.6. The molecule has 4 atom stereocenters. The van der Waals surface area contributed by atoms with Gasteiger partial charge in [-0.3, -0.25) is 9.59 Å². The van der Waals surface area contributed by atoms with Gasteiger partial charge in [-0.15, -0.1) is 0 Å². The summed E-state index contributed by atoms with van der Waals surface area (Å²) in [5, 5.41) is 0. The average Bonchev–Trinajstić information content (AvgIpc) is 3.45. The second-order valence-corrected chi connectivity index (χ2v) is 9.88. The van der Waals surface area contributed by atoms with Gasteiger partial charge in [0.2, 0.25) is 11.8 Å². The van der Waals surface area contributed by atoms with Crippen LogP contribution in [0.3, 0.4) is 0 Å². The number of benzene rings is 3. The van der Waals surface area contributed by atoms with Crippen LogP contribution in [0.1, 0.15) is 23.1 Å². The summed E-state index contributed by atoms with van der Waals surface area (Å²) in [6, 6.07) is 26.5. The Kier molecular flexibility index (Phi) is 4.48. The zero-order chi connectivity index (χ0) is 22.0. The van der Waals surface area contributed by atoms with Crippen LogP contribution in [0.4, 0.5) is 5.69 Å². The van der Waals surface area contributed by atoms with Gasteiger partial charge in [-0.25, -0.2) is 4.90 Å². The van der Waals surface area contributed by atoms with Crippen LogP contribution in [0.25, 0.3) is 11.1 Å². The van der Waals surface area contributed by atoms with E-state index in [9.17, 15) is 9.59 Å². The smallest absolute Gasteiger partial charge is 0.238 e. The largest absolute Gasteiger partial charge is 0.274 e. The van der Waals surface area contributed by atoms with Gasteiger partial charge >= 0.3 is 0 Å². The summed E-state index contributed by atoms with van der Waals surface area (Å²) in [6.45, 7) is 2.00. The highest BCUT2D eigenvalue weighted by atomic mass is 79.9. The van der Waals surface area contributed by atoms with Gasteiger partial charge in [-0.2, -0.15) is 0 Å². The van der Waals surface area contributed by atoms with E-state index >= 15 is 0 Å². The summed E-state index contributed by atoms with van der Waals surface area (Å²) in [6.07, 6.45) is 0.865. The van der Waals surface area contributed by atoms with Crippen molar-refractivity contribution in [2.75, 3.05) is 4.90 Å². The van der Waals surface area contributed by atoms with Gasteiger partial charge in [0.25, 0.3) is 0 Å². The van der Waals surface area contributed by atoms with Crippen molar-refractivity contribution >= 4 is 44.6 Å². The second kappa shape index (κ2) is 7.28. The molecule has 0 spiro atoms. The molecule has 2 aliphatic carbocycles. The topological polar surface area (TPSA) is 37.4 Å². The van der Waals surface area contributed by atoms with E-state index in [0.717, 1.165) is 27.6 Å². The van der Waals surface area contributed by atoms with E-state index in [1.165, 1.54) is 16.0 Å². The molecular weight excluding hydrogens is 462 g/mol. The highest BCUT2D eigenvalue weighted by Crippen LogP contribution is 2.64. The number of nitrogens with zero attached hydrogens (tertiary/aromatic N) is 1. The molecule has 1 heterocycles. The van der Waals surface area contributed by atoms with Crippen LogP contribution in [0.5, 0.6) is 0 Å². The lowest BCUT2D eigenvalue weighted by Gasteiger charge is -2.27. The highest BCUT2D eigenvalue weighted by Gasteiger charge is 2.64.